The van der Waals surface area contributed by atoms with Gasteiger partial charge in [0.05, 0.1) is 5.52 Å². The van der Waals surface area contributed by atoms with Crippen molar-refractivity contribution in [2.45, 2.75) is 6.92 Å². The maximum absolute atomic E-state index is 9.26. The van der Waals surface area contributed by atoms with Crippen LogP contribution in [-0.2, 0) is 0 Å². The van der Waals surface area contributed by atoms with E-state index in [1.54, 1.807) is 18.2 Å². The highest BCUT2D eigenvalue weighted by molar-refractivity contribution is 9.10. The molecule has 0 aliphatic carbocycles. The maximum atomic E-state index is 9.26. The van der Waals surface area contributed by atoms with Gasteiger partial charge in [-0.25, -0.2) is 9.97 Å². The molecular formula is C9H7BrN2O. The fourth-order valence-electron chi connectivity index (χ4n) is 1.23. The summed E-state index contributed by atoms with van der Waals surface area (Å²) in [6, 6.07) is 5.04. The van der Waals surface area contributed by atoms with Crippen molar-refractivity contribution in [1.29, 1.82) is 0 Å². The Morgan fingerprint density at radius 2 is 2.08 bits per heavy atom. The van der Waals surface area contributed by atoms with Gasteiger partial charge < -0.3 is 5.11 Å². The Balaban J connectivity index is 2.87. The number of aromatic nitrogens is 2. The fraction of sp³-hybridized carbons (Fsp3) is 0.111. The molecule has 2 rings (SSSR count). The second-order valence-corrected chi connectivity index (χ2v) is 3.49. The second-order valence-electron chi connectivity index (χ2n) is 2.78. The summed E-state index contributed by atoms with van der Waals surface area (Å²) >= 11 is 3.22. The summed E-state index contributed by atoms with van der Waals surface area (Å²) in [6.07, 6.45) is 0. The number of benzene rings is 1. The normalized spacial score (nSPS) is 10.6. The van der Waals surface area contributed by atoms with Gasteiger partial charge in [0.2, 0.25) is 0 Å². The zero-order chi connectivity index (χ0) is 9.42. The quantitative estimate of drug-likeness (QED) is 0.718. The molecule has 0 amide bonds. The Morgan fingerprint density at radius 1 is 1.31 bits per heavy atom. The van der Waals surface area contributed by atoms with Crippen LogP contribution in [0.2, 0.25) is 0 Å². The number of hydrogen-bond acceptors (Lipinski definition) is 3. The molecular weight excluding hydrogens is 232 g/mol. The molecule has 0 aliphatic rings. The van der Waals surface area contributed by atoms with Crippen molar-refractivity contribution in [3.63, 3.8) is 0 Å². The summed E-state index contributed by atoms with van der Waals surface area (Å²) in [5.74, 6) is 0.238. The zero-order valence-corrected chi connectivity index (χ0v) is 8.54. The van der Waals surface area contributed by atoms with Crippen LogP contribution in [0.4, 0.5) is 0 Å². The van der Waals surface area contributed by atoms with Crippen molar-refractivity contribution in [2.24, 2.45) is 0 Å². The molecule has 0 saturated carbocycles. The standard InChI is InChI=1S/C9H7BrN2O/c1-5-7-4-6(13)2-3-8(7)12-9(10)11-5/h2-4,13H,1H3. The van der Waals surface area contributed by atoms with E-state index in [0.29, 0.717) is 4.73 Å². The number of fused-ring (bicyclic) bond motifs is 1. The van der Waals surface area contributed by atoms with Crippen LogP contribution in [0.25, 0.3) is 10.9 Å². The van der Waals surface area contributed by atoms with Gasteiger partial charge in [-0.3, -0.25) is 0 Å². The molecule has 1 aromatic heterocycles. The van der Waals surface area contributed by atoms with Crippen molar-refractivity contribution in [2.75, 3.05) is 0 Å². The van der Waals surface area contributed by atoms with Crippen molar-refractivity contribution in [1.82, 2.24) is 9.97 Å². The first-order chi connectivity index (χ1) is 6.16. The van der Waals surface area contributed by atoms with Crippen LogP contribution in [0.5, 0.6) is 5.75 Å². The van der Waals surface area contributed by atoms with E-state index in [9.17, 15) is 5.11 Å². The molecule has 0 spiro atoms. The predicted octanol–water partition coefficient (Wildman–Crippen LogP) is 2.41. The van der Waals surface area contributed by atoms with E-state index in [1.807, 2.05) is 6.92 Å². The molecule has 0 saturated heterocycles. The van der Waals surface area contributed by atoms with Gasteiger partial charge in [0.1, 0.15) is 5.75 Å². The number of halogens is 1. The summed E-state index contributed by atoms with van der Waals surface area (Å²) < 4.78 is 0.572. The van der Waals surface area contributed by atoms with Gasteiger partial charge in [0.15, 0.2) is 4.73 Å². The van der Waals surface area contributed by atoms with Gasteiger partial charge in [-0.05, 0) is 41.1 Å². The fourth-order valence-corrected chi connectivity index (χ4v) is 1.69. The lowest BCUT2D eigenvalue weighted by Crippen LogP contribution is -1.89. The Morgan fingerprint density at radius 3 is 2.85 bits per heavy atom. The van der Waals surface area contributed by atoms with E-state index >= 15 is 0 Å². The molecule has 1 heterocycles. The van der Waals surface area contributed by atoms with Crippen LogP contribution >= 0.6 is 15.9 Å². The van der Waals surface area contributed by atoms with Crippen LogP contribution < -0.4 is 0 Å². The predicted molar refractivity (Wildman–Crippen MR) is 53.6 cm³/mol. The van der Waals surface area contributed by atoms with Crippen molar-refractivity contribution in [3.8, 4) is 5.75 Å². The lowest BCUT2D eigenvalue weighted by atomic mass is 10.2. The van der Waals surface area contributed by atoms with E-state index in [1.165, 1.54) is 0 Å². The molecule has 13 heavy (non-hydrogen) atoms. The highest BCUT2D eigenvalue weighted by Gasteiger charge is 2.02. The molecule has 0 fully saturated rings. The third-order valence-corrected chi connectivity index (χ3v) is 2.20. The third-order valence-electron chi connectivity index (χ3n) is 1.84. The molecule has 3 nitrogen and oxygen atoms in total. The molecule has 1 N–H and O–H groups in total. The van der Waals surface area contributed by atoms with Crippen LogP contribution in [0.3, 0.4) is 0 Å². The molecule has 0 atom stereocenters. The van der Waals surface area contributed by atoms with Crippen LogP contribution in [0, 0.1) is 6.92 Å². The molecule has 4 heteroatoms. The third kappa shape index (κ3) is 1.49. The van der Waals surface area contributed by atoms with E-state index < -0.39 is 0 Å². The summed E-state index contributed by atoms with van der Waals surface area (Å²) in [7, 11) is 0. The molecule has 2 aromatic rings. The molecule has 1 aromatic carbocycles. The van der Waals surface area contributed by atoms with Gasteiger partial charge in [-0.15, -0.1) is 0 Å². The smallest absolute Gasteiger partial charge is 0.197 e. The number of aryl methyl sites for hydroxylation is 1. The summed E-state index contributed by atoms with van der Waals surface area (Å²) in [6.45, 7) is 1.88. The number of aromatic hydroxyl groups is 1. The number of rotatable bonds is 0. The lowest BCUT2D eigenvalue weighted by molar-refractivity contribution is 0.476. The Labute approximate surface area is 83.6 Å². The lowest BCUT2D eigenvalue weighted by Gasteiger charge is -2.01. The van der Waals surface area contributed by atoms with E-state index in [0.717, 1.165) is 16.6 Å². The highest BCUT2D eigenvalue weighted by atomic mass is 79.9. The van der Waals surface area contributed by atoms with Crippen molar-refractivity contribution >= 4 is 26.8 Å². The van der Waals surface area contributed by atoms with Gasteiger partial charge in [0.25, 0.3) is 0 Å². The Hall–Kier alpha value is -1.16. The first-order valence-electron chi connectivity index (χ1n) is 3.80. The van der Waals surface area contributed by atoms with E-state index in [4.69, 9.17) is 0 Å². The number of phenolic OH excluding ortho intramolecular Hbond substituents is 1. The Bertz CT molecular complexity index is 470. The topological polar surface area (TPSA) is 46.0 Å². The summed E-state index contributed by atoms with van der Waals surface area (Å²) in [4.78, 5) is 8.31. The van der Waals surface area contributed by atoms with Gasteiger partial charge in [0, 0.05) is 11.1 Å². The van der Waals surface area contributed by atoms with Crippen LogP contribution in [0.1, 0.15) is 5.69 Å². The van der Waals surface area contributed by atoms with Gasteiger partial charge >= 0.3 is 0 Å². The highest BCUT2D eigenvalue weighted by Crippen LogP contribution is 2.21. The minimum Gasteiger partial charge on any atom is -0.508 e. The minimum absolute atomic E-state index is 0.238. The molecule has 0 radical (unpaired) electrons. The molecule has 0 unspecified atom stereocenters. The zero-order valence-electron chi connectivity index (χ0n) is 6.95. The van der Waals surface area contributed by atoms with Gasteiger partial charge in [-0.2, -0.15) is 0 Å². The Kier molecular flexibility index (Phi) is 1.92. The molecule has 66 valence electrons. The average molecular weight is 239 g/mol. The van der Waals surface area contributed by atoms with Gasteiger partial charge in [-0.1, -0.05) is 0 Å². The average Bonchev–Trinajstić information content (AvgIpc) is 2.06. The number of phenols is 1. The molecule has 0 bridgehead atoms. The van der Waals surface area contributed by atoms with E-state index in [2.05, 4.69) is 25.9 Å². The number of hydrogen-bond donors (Lipinski definition) is 1. The first-order valence-corrected chi connectivity index (χ1v) is 4.59. The second kappa shape index (κ2) is 2.96. The SMILES string of the molecule is Cc1nc(Br)nc2ccc(O)cc12. The molecule has 0 aliphatic heterocycles. The minimum atomic E-state index is 0.238. The monoisotopic (exact) mass is 238 g/mol. The van der Waals surface area contributed by atoms with Crippen molar-refractivity contribution in [3.05, 3.63) is 28.6 Å². The number of nitrogens with zero attached hydrogens (tertiary/aromatic N) is 2. The summed E-state index contributed by atoms with van der Waals surface area (Å²) in [5.41, 5.74) is 1.69. The van der Waals surface area contributed by atoms with Crippen LogP contribution in [0.15, 0.2) is 22.9 Å². The van der Waals surface area contributed by atoms with Crippen LogP contribution in [-0.4, -0.2) is 15.1 Å². The largest absolute Gasteiger partial charge is 0.508 e. The van der Waals surface area contributed by atoms with E-state index in [-0.39, 0.29) is 5.75 Å². The maximum Gasteiger partial charge on any atom is 0.197 e. The van der Waals surface area contributed by atoms with Crippen molar-refractivity contribution < 1.29 is 5.11 Å². The first kappa shape index (κ1) is 8.44. The summed E-state index contributed by atoms with van der Waals surface area (Å²) in [5, 5.41) is 10.1.